The Kier molecular flexibility index (Phi) is 6.90. The van der Waals surface area contributed by atoms with Gasteiger partial charge < -0.3 is 9.32 Å². The van der Waals surface area contributed by atoms with Crippen LogP contribution in [0.25, 0.3) is 87.3 Å². The van der Waals surface area contributed by atoms with Gasteiger partial charge in [-0.2, -0.15) is 0 Å². The second kappa shape index (κ2) is 12.2. The van der Waals surface area contributed by atoms with Crippen molar-refractivity contribution in [2.45, 2.75) is 0 Å². The molecule has 0 atom stereocenters. The summed E-state index contributed by atoms with van der Waals surface area (Å²) >= 11 is 0. The lowest BCUT2D eigenvalue weighted by molar-refractivity contribution is 0.669. The lowest BCUT2D eigenvalue weighted by Gasteiger charge is -2.30. The summed E-state index contributed by atoms with van der Waals surface area (Å²) in [6, 6.07) is 72.4. The molecule has 11 rings (SSSR count). The highest BCUT2D eigenvalue weighted by atomic mass is 16.3. The van der Waals surface area contributed by atoms with Crippen LogP contribution in [0.4, 0.5) is 17.1 Å². The van der Waals surface area contributed by atoms with E-state index in [1.807, 2.05) is 0 Å². The number of benzene rings is 10. The molecule has 2 nitrogen and oxygen atoms in total. The molecule has 0 fully saturated rings. The first-order valence-electron chi connectivity index (χ1n) is 18.5. The zero-order chi connectivity index (χ0) is 35.6. The Balaban J connectivity index is 1.30. The van der Waals surface area contributed by atoms with Crippen LogP contribution in [0.3, 0.4) is 0 Å². The first-order chi connectivity index (χ1) is 26.8. The van der Waals surface area contributed by atoms with Crippen LogP contribution in [0.5, 0.6) is 0 Å². The van der Waals surface area contributed by atoms with Crippen LogP contribution in [0.2, 0.25) is 0 Å². The molecule has 0 saturated carbocycles. The fraction of sp³-hybridized carbons (Fsp3) is 0. The summed E-state index contributed by atoms with van der Waals surface area (Å²) in [6.45, 7) is 0. The number of fused-ring (bicyclic) bond motifs is 9. The number of anilines is 3. The number of para-hydroxylation sites is 1. The van der Waals surface area contributed by atoms with Gasteiger partial charge in [-0.3, -0.25) is 0 Å². The molecule has 0 unspecified atom stereocenters. The summed E-state index contributed by atoms with van der Waals surface area (Å²) in [5, 5.41) is 12.0. The summed E-state index contributed by atoms with van der Waals surface area (Å²) in [5.41, 5.74) is 9.73. The van der Waals surface area contributed by atoms with E-state index in [1.165, 1.54) is 59.8 Å². The predicted molar refractivity (Wildman–Crippen MR) is 229 cm³/mol. The van der Waals surface area contributed by atoms with Crippen LogP contribution < -0.4 is 4.90 Å². The monoisotopic (exact) mass is 687 g/mol. The highest BCUT2D eigenvalue weighted by Crippen LogP contribution is 2.51. The number of hydrogen-bond donors (Lipinski definition) is 0. The number of hydrogen-bond acceptors (Lipinski definition) is 2. The van der Waals surface area contributed by atoms with Crippen molar-refractivity contribution < 1.29 is 4.42 Å². The first kappa shape index (κ1) is 30.5. The second-order valence-electron chi connectivity index (χ2n) is 14.0. The molecule has 2 heteroatoms. The average molecular weight is 688 g/mol. The Labute approximate surface area is 312 Å². The third-order valence-electron chi connectivity index (χ3n) is 11.0. The van der Waals surface area contributed by atoms with E-state index in [4.69, 9.17) is 4.42 Å². The van der Waals surface area contributed by atoms with Crippen molar-refractivity contribution in [1.29, 1.82) is 0 Å². The van der Waals surface area contributed by atoms with Crippen molar-refractivity contribution >= 4 is 82.1 Å². The van der Waals surface area contributed by atoms with Gasteiger partial charge in [-0.05, 0) is 96.9 Å². The van der Waals surface area contributed by atoms with Crippen LogP contribution in [-0.4, -0.2) is 0 Å². The Morgan fingerprint density at radius 1 is 0.333 bits per heavy atom. The maximum atomic E-state index is 6.63. The average Bonchev–Trinajstić information content (AvgIpc) is 3.63. The minimum absolute atomic E-state index is 0.870. The fourth-order valence-corrected chi connectivity index (χ4v) is 8.59. The molecule has 252 valence electrons. The summed E-state index contributed by atoms with van der Waals surface area (Å²) in [7, 11) is 0. The van der Waals surface area contributed by atoms with E-state index in [0.29, 0.717) is 0 Å². The molecule has 0 saturated heterocycles. The normalized spacial score (nSPS) is 11.7. The Bertz CT molecular complexity index is 3210. The van der Waals surface area contributed by atoms with Gasteiger partial charge in [-0.15, -0.1) is 0 Å². The minimum atomic E-state index is 0.870. The Morgan fingerprint density at radius 2 is 0.870 bits per heavy atom. The largest absolute Gasteiger partial charge is 0.456 e. The molecule has 54 heavy (non-hydrogen) atoms. The van der Waals surface area contributed by atoms with E-state index in [0.717, 1.165) is 44.6 Å². The molecule has 0 N–H and O–H groups in total. The van der Waals surface area contributed by atoms with E-state index in [2.05, 4.69) is 205 Å². The van der Waals surface area contributed by atoms with Crippen molar-refractivity contribution in [2.75, 3.05) is 4.90 Å². The fourth-order valence-electron chi connectivity index (χ4n) is 8.59. The maximum absolute atomic E-state index is 6.63. The number of nitrogens with zero attached hydrogens (tertiary/aromatic N) is 1. The Morgan fingerprint density at radius 3 is 1.59 bits per heavy atom. The van der Waals surface area contributed by atoms with E-state index < -0.39 is 0 Å². The quantitative estimate of drug-likeness (QED) is 0.168. The predicted octanol–water partition coefficient (Wildman–Crippen LogP) is 15.0. The molecule has 0 bridgehead atoms. The van der Waals surface area contributed by atoms with Gasteiger partial charge in [-0.1, -0.05) is 158 Å². The van der Waals surface area contributed by atoms with Gasteiger partial charge in [0.25, 0.3) is 0 Å². The van der Waals surface area contributed by atoms with E-state index in [1.54, 1.807) is 0 Å². The summed E-state index contributed by atoms with van der Waals surface area (Å²) in [4.78, 5) is 2.48. The summed E-state index contributed by atoms with van der Waals surface area (Å²) < 4.78 is 6.63. The third kappa shape index (κ3) is 4.74. The van der Waals surface area contributed by atoms with E-state index >= 15 is 0 Å². The van der Waals surface area contributed by atoms with Gasteiger partial charge in [0.15, 0.2) is 0 Å². The molecular weight excluding hydrogens is 655 g/mol. The molecule has 0 aliphatic carbocycles. The second-order valence-corrected chi connectivity index (χ2v) is 14.0. The lowest BCUT2D eigenvalue weighted by Crippen LogP contribution is -2.12. The topological polar surface area (TPSA) is 16.4 Å². The molecular formula is C52H33NO. The van der Waals surface area contributed by atoms with Crippen LogP contribution >= 0.6 is 0 Å². The molecule has 1 heterocycles. The van der Waals surface area contributed by atoms with Crippen LogP contribution in [-0.2, 0) is 0 Å². The van der Waals surface area contributed by atoms with Gasteiger partial charge in [0.1, 0.15) is 11.2 Å². The van der Waals surface area contributed by atoms with Gasteiger partial charge >= 0.3 is 0 Å². The van der Waals surface area contributed by atoms with Crippen molar-refractivity contribution in [3.8, 4) is 22.3 Å². The minimum Gasteiger partial charge on any atom is -0.456 e. The zero-order valence-corrected chi connectivity index (χ0v) is 29.4. The number of furan rings is 1. The van der Waals surface area contributed by atoms with Gasteiger partial charge in [-0.25, -0.2) is 0 Å². The van der Waals surface area contributed by atoms with Crippen molar-refractivity contribution in [3.63, 3.8) is 0 Å². The van der Waals surface area contributed by atoms with E-state index in [-0.39, 0.29) is 0 Å². The highest BCUT2D eigenvalue weighted by Gasteiger charge is 2.26. The summed E-state index contributed by atoms with van der Waals surface area (Å²) in [6.07, 6.45) is 0. The summed E-state index contributed by atoms with van der Waals surface area (Å²) in [5.74, 6) is 0. The molecule has 0 spiro atoms. The molecule has 0 aliphatic heterocycles. The molecule has 10 aromatic carbocycles. The van der Waals surface area contributed by atoms with Crippen LogP contribution in [0.15, 0.2) is 205 Å². The zero-order valence-electron chi connectivity index (χ0n) is 29.4. The molecule has 0 aliphatic rings. The molecule has 0 radical (unpaired) electrons. The number of rotatable bonds is 5. The van der Waals surface area contributed by atoms with Gasteiger partial charge in [0.05, 0.1) is 11.4 Å². The lowest BCUT2D eigenvalue weighted by atomic mass is 9.89. The Hall–Kier alpha value is -7.16. The highest BCUT2D eigenvalue weighted by molar-refractivity contribution is 6.23. The van der Waals surface area contributed by atoms with Crippen LogP contribution in [0.1, 0.15) is 0 Å². The van der Waals surface area contributed by atoms with Gasteiger partial charge in [0.2, 0.25) is 0 Å². The van der Waals surface area contributed by atoms with Crippen molar-refractivity contribution in [1.82, 2.24) is 0 Å². The molecule has 1 aromatic heterocycles. The molecule has 0 amide bonds. The van der Waals surface area contributed by atoms with E-state index in [9.17, 15) is 0 Å². The smallest absolute Gasteiger partial charge is 0.136 e. The first-order valence-corrected chi connectivity index (χ1v) is 18.5. The van der Waals surface area contributed by atoms with Crippen molar-refractivity contribution in [2.24, 2.45) is 0 Å². The van der Waals surface area contributed by atoms with Crippen LogP contribution in [0, 0.1) is 0 Å². The standard InChI is InChI=1S/C52H33NO/c1-2-14-34(15-3-1)35-26-28-38(29-27-35)53(48-33-37-17-5-7-19-40(37)42-21-10-11-23-44(42)48)47-30-31-50-52(45-24-12-13-25-49(45)54-50)51(47)46-32-36-16-4-6-18-39(36)41-20-8-9-22-43(41)46/h1-33H. The van der Waals surface area contributed by atoms with Crippen molar-refractivity contribution in [3.05, 3.63) is 200 Å². The SMILES string of the molecule is c1ccc(-c2ccc(N(c3ccc4oc5ccccc5c4c3-c3cc4ccccc4c4ccccc34)c3cc4ccccc4c4ccccc34)cc2)cc1. The molecule has 11 aromatic rings. The maximum Gasteiger partial charge on any atom is 0.136 e. The third-order valence-corrected chi connectivity index (χ3v) is 11.0. The van der Waals surface area contributed by atoms with Gasteiger partial charge in [0, 0.05) is 27.4 Å².